The minimum absolute atomic E-state index is 0.236. The third-order valence-electron chi connectivity index (χ3n) is 3.39. The molecule has 3 rings (SSSR count). The zero-order chi connectivity index (χ0) is 16.9. The molecule has 6 heteroatoms. The fourth-order valence-electron chi connectivity index (χ4n) is 2.09. The smallest absolute Gasteiger partial charge is 0.275 e. The SMILES string of the molecule is Cc1ccccc1Nc1cnc(C(=O)Nc2ccc(Cl)cc2)cn1. The summed E-state index contributed by atoms with van der Waals surface area (Å²) in [5, 5.41) is 6.53. The standard InChI is InChI=1S/C18H15ClN4O/c1-12-4-2-3-5-15(12)23-17-11-20-16(10-21-17)18(24)22-14-8-6-13(19)7-9-14/h2-11H,1H3,(H,21,23)(H,22,24). The molecule has 0 unspecified atom stereocenters. The van der Waals surface area contributed by atoms with Crippen molar-refractivity contribution in [3.63, 3.8) is 0 Å². The Hall–Kier alpha value is -2.92. The minimum atomic E-state index is -0.327. The molecule has 1 heterocycles. The largest absolute Gasteiger partial charge is 0.339 e. The summed E-state index contributed by atoms with van der Waals surface area (Å²) in [6, 6.07) is 14.7. The van der Waals surface area contributed by atoms with Gasteiger partial charge >= 0.3 is 0 Å². The number of anilines is 3. The lowest BCUT2D eigenvalue weighted by atomic mass is 10.2. The van der Waals surface area contributed by atoms with Crippen LogP contribution in [0.3, 0.4) is 0 Å². The predicted octanol–water partition coefficient (Wildman–Crippen LogP) is 4.43. The Kier molecular flexibility index (Phi) is 4.72. The first-order valence-electron chi connectivity index (χ1n) is 7.33. The average Bonchev–Trinajstić information content (AvgIpc) is 2.59. The summed E-state index contributed by atoms with van der Waals surface area (Å²) in [6.45, 7) is 2.00. The predicted molar refractivity (Wildman–Crippen MR) is 95.9 cm³/mol. The summed E-state index contributed by atoms with van der Waals surface area (Å²) in [5.41, 5.74) is 2.93. The maximum Gasteiger partial charge on any atom is 0.275 e. The van der Waals surface area contributed by atoms with Gasteiger partial charge in [0.2, 0.25) is 0 Å². The van der Waals surface area contributed by atoms with Crippen LogP contribution in [0, 0.1) is 6.92 Å². The summed E-state index contributed by atoms with van der Waals surface area (Å²) in [4.78, 5) is 20.5. The quantitative estimate of drug-likeness (QED) is 0.738. The van der Waals surface area contributed by atoms with E-state index in [-0.39, 0.29) is 11.6 Å². The number of aryl methyl sites for hydroxylation is 1. The van der Waals surface area contributed by atoms with E-state index in [4.69, 9.17) is 11.6 Å². The first kappa shape index (κ1) is 16.0. The number of hydrogen-bond acceptors (Lipinski definition) is 4. The molecule has 0 radical (unpaired) electrons. The van der Waals surface area contributed by atoms with Crippen molar-refractivity contribution >= 4 is 34.7 Å². The second kappa shape index (κ2) is 7.10. The van der Waals surface area contributed by atoms with E-state index in [0.29, 0.717) is 16.5 Å². The molecule has 2 aromatic carbocycles. The molecule has 1 aromatic heterocycles. The number of nitrogens with one attached hydrogen (secondary N) is 2. The van der Waals surface area contributed by atoms with Crippen LogP contribution in [0.15, 0.2) is 60.9 Å². The van der Waals surface area contributed by atoms with Gasteiger partial charge < -0.3 is 10.6 Å². The van der Waals surface area contributed by atoms with Crippen LogP contribution in [0.25, 0.3) is 0 Å². The van der Waals surface area contributed by atoms with Crippen molar-refractivity contribution in [2.24, 2.45) is 0 Å². The van der Waals surface area contributed by atoms with Crippen LogP contribution >= 0.6 is 11.6 Å². The van der Waals surface area contributed by atoms with E-state index < -0.39 is 0 Å². The third kappa shape index (κ3) is 3.88. The van der Waals surface area contributed by atoms with E-state index in [2.05, 4.69) is 20.6 Å². The van der Waals surface area contributed by atoms with E-state index in [1.165, 1.54) is 12.4 Å². The van der Waals surface area contributed by atoms with Gasteiger partial charge in [-0.15, -0.1) is 0 Å². The molecular formula is C18H15ClN4O. The molecule has 0 aliphatic heterocycles. The summed E-state index contributed by atoms with van der Waals surface area (Å²) >= 11 is 5.82. The van der Waals surface area contributed by atoms with E-state index in [9.17, 15) is 4.79 Å². The van der Waals surface area contributed by atoms with E-state index in [1.54, 1.807) is 24.3 Å². The Morgan fingerprint density at radius 2 is 1.75 bits per heavy atom. The number of para-hydroxylation sites is 1. The highest BCUT2D eigenvalue weighted by Crippen LogP contribution is 2.18. The minimum Gasteiger partial charge on any atom is -0.339 e. The normalized spacial score (nSPS) is 10.2. The molecule has 3 aromatic rings. The van der Waals surface area contributed by atoms with E-state index in [1.807, 2.05) is 31.2 Å². The molecule has 120 valence electrons. The Labute approximate surface area is 144 Å². The Morgan fingerprint density at radius 1 is 1.00 bits per heavy atom. The van der Waals surface area contributed by atoms with Crippen molar-refractivity contribution in [1.82, 2.24) is 9.97 Å². The lowest BCUT2D eigenvalue weighted by Crippen LogP contribution is -2.14. The number of amides is 1. The third-order valence-corrected chi connectivity index (χ3v) is 3.65. The fraction of sp³-hybridized carbons (Fsp3) is 0.0556. The zero-order valence-electron chi connectivity index (χ0n) is 13.0. The number of rotatable bonds is 4. The van der Waals surface area contributed by atoms with Crippen molar-refractivity contribution < 1.29 is 4.79 Å². The highest BCUT2D eigenvalue weighted by atomic mass is 35.5. The van der Waals surface area contributed by atoms with Gasteiger partial charge in [0.05, 0.1) is 12.4 Å². The molecule has 0 aliphatic carbocycles. The highest BCUT2D eigenvalue weighted by molar-refractivity contribution is 6.30. The molecular weight excluding hydrogens is 324 g/mol. The summed E-state index contributed by atoms with van der Waals surface area (Å²) < 4.78 is 0. The van der Waals surface area contributed by atoms with Gasteiger partial charge in [-0.2, -0.15) is 0 Å². The van der Waals surface area contributed by atoms with Gasteiger partial charge in [0.1, 0.15) is 11.5 Å². The van der Waals surface area contributed by atoms with Crippen LogP contribution in [0.2, 0.25) is 5.02 Å². The maximum absolute atomic E-state index is 12.2. The number of benzene rings is 2. The lowest BCUT2D eigenvalue weighted by molar-refractivity contribution is 0.102. The Morgan fingerprint density at radius 3 is 2.42 bits per heavy atom. The first-order chi connectivity index (χ1) is 11.6. The Bertz CT molecular complexity index is 848. The van der Waals surface area contributed by atoms with Gasteiger partial charge in [-0.3, -0.25) is 4.79 Å². The van der Waals surface area contributed by atoms with E-state index >= 15 is 0 Å². The summed E-state index contributed by atoms with van der Waals surface area (Å²) in [6.07, 6.45) is 2.97. The molecule has 5 nitrogen and oxygen atoms in total. The summed E-state index contributed by atoms with van der Waals surface area (Å²) in [5.74, 6) is 0.250. The van der Waals surface area contributed by atoms with Gasteiger partial charge in [-0.25, -0.2) is 9.97 Å². The molecule has 0 aliphatic rings. The van der Waals surface area contributed by atoms with Crippen LogP contribution in [-0.4, -0.2) is 15.9 Å². The first-order valence-corrected chi connectivity index (χ1v) is 7.71. The number of aromatic nitrogens is 2. The highest BCUT2D eigenvalue weighted by Gasteiger charge is 2.09. The Balaban J connectivity index is 1.68. The van der Waals surface area contributed by atoms with Gasteiger partial charge in [-0.05, 0) is 42.8 Å². The monoisotopic (exact) mass is 338 g/mol. The van der Waals surface area contributed by atoms with Crippen molar-refractivity contribution in [3.05, 3.63) is 77.2 Å². The number of carbonyl (C=O) groups excluding carboxylic acids is 1. The summed E-state index contributed by atoms with van der Waals surface area (Å²) in [7, 11) is 0. The molecule has 1 amide bonds. The second-order valence-corrected chi connectivity index (χ2v) is 5.62. The van der Waals surface area contributed by atoms with Crippen molar-refractivity contribution in [3.8, 4) is 0 Å². The second-order valence-electron chi connectivity index (χ2n) is 5.19. The van der Waals surface area contributed by atoms with Gasteiger partial charge in [0.15, 0.2) is 0 Å². The van der Waals surface area contributed by atoms with Crippen LogP contribution in [0.1, 0.15) is 16.1 Å². The maximum atomic E-state index is 12.2. The van der Waals surface area contributed by atoms with Crippen LogP contribution in [0.5, 0.6) is 0 Å². The number of hydrogen-bond donors (Lipinski definition) is 2. The molecule has 0 fully saturated rings. The number of carbonyl (C=O) groups is 1. The molecule has 24 heavy (non-hydrogen) atoms. The number of halogens is 1. The molecule has 0 saturated heterocycles. The van der Waals surface area contributed by atoms with Gasteiger partial charge in [-0.1, -0.05) is 29.8 Å². The fourth-order valence-corrected chi connectivity index (χ4v) is 2.22. The van der Waals surface area contributed by atoms with Crippen molar-refractivity contribution in [1.29, 1.82) is 0 Å². The zero-order valence-corrected chi connectivity index (χ0v) is 13.7. The number of nitrogens with zero attached hydrogens (tertiary/aromatic N) is 2. The molecule has 0 bridgehead atoms. The molecule has 2 N–H and O–H groups in total. The molecule has 0 saturated carbocycles. The lowest BCUT2D eigenvalue weighted by Gasteiger charge is -2.09. The van der Waals surface area contributed by atoms with E-state index in [0.717, 1.165) is 11.3 Å². The molecule has 0 spiro atoms. The van der Waals surface area contributed by atoms with Crippen molar-refractivity contribution in [2.75, 3.05) is 10.6 Å². The van der Waals surface area contributed by atoms with Crippen molar-refractivity contribution in [2.45, 2.75) is 6.92 Å². The van der Waals surface area contributed by atoms with Gasteiger partial charge in [0, 0.05) is 16.4 Å². The van der Waals surface area contributed by atoms with Crippen LogP contribution < -0.4 is 10.6 Å². The van der Waals surface area contributed by atoms with Crippen LogP contribution in [-0.2, 0) is 0 Å². The topological polar surface area (TPSA) is 66.9 Å². The average molecular weight is 339 g/mol. The van der Waals surface area contributed by atoms with Gasteiger partial charge in [0.25, 0.3) is 5.91 Å². The van der Waals surface area contributed by atoms with Crippen LogP contribution in [0.4, 0.5) is 17.2 Å². The molecule has 0 atom stereocenters.